The number of halogens is 1. The van der Waals surface area contributed by atoms with Crippen LogP contribution in [-0.2, 0) is 0 Å². The van der Waals surface area contributed by atoms with Gasteiger partial charge in [-0.25, -0.2) is 0 Å². The van der Waals surface area contributed by atoms with Crippen molar-refractivity contribution in [1.29, 1.82) is 0 Å². The molecule has 0 aliphatic carbocycles. The van der Waals surface area contributed by atoms with Crippen LogP contribution in [-0.4, -0.2) is 22.4 Å². The Labute approximate surface area is 84.9 Å². The molecule has 0 aliphatic rings. The molecule has 0 atom stereocenters. The lowest BCUT2D eigenvalue weighted by Gasteiger charge is -2.08. The first kappa shape index (κ1) is 14.8. The van der Waals surface area contributed by atoms with E-state index in [0.29, 0.717) is 0 Å². The summed E-state index contributed by atoms with van der Waals surface area (Å²) < 4.78 is 0. The van der Waals surface area contributed by atoms with Gasteiger partial charge in [-0.05, 0) is 12.1 Å². The van der Waals surface area contributed by atoms with Crippen LogP contribution in [0.1, 0.15) is 20.8 Å². The maximum absolute atomic E-state index is 10.3. The molecule has 1 rings (SSSR count). The lowest BCUT2D eigenvalue weighted by Crippen LogP contribution is -2.30. The summed E-state index contributed by atoms with van der Waals surface area (Å²) in [5.74, 6) is -3.21. The number of carboxylic acids is 2. The van der Waals surface area contributed by atoms with E-state index in [0.717, 1.165) is 12.3 Å². The minimum atomic E-state index is -1.63. The summed E-state index contributed by atoms with van der Waals surface area (Å²) in [6.07, 6.45) is 1.16. The number of hydrogen-bond donors (Lipinski definition) is 0. The van der Waals surface area contributed by atoms with Gasteiger partial charge in [0.2, 0.25) is 0 Å². The van der Waals surface area contributed by atoms with E-state index < -0.39 is 23.2 Å². The molecular weight excluding hydrogens is 214 g/mol. The highest BCUT2D eigenvalue weighted by Gasteiger charge is 2.03. The molecular formula is C7H6ClNO5-2. The maximum Gasteiger partial charge on any atom is 0.0947 e. The van der Waals surface area contributed by atoms with Gasteiger partial charge in [0, 0.05) is 11.8 Å². The molecule has 0 spiro atoms. The highest BCUT2D eigenvalue weighted by atomic mass is 35.5. The Kier molecular flexibility index (Phi) is 6.25. The summed E-state index contributed by atoms with van der Waals surface area (Å²) in [6.45, 7) is 0. The van der Waals surface area contributed by atoms with Crippen LogP contribution in [0, 0.1) is 0 Å². The zero-order valence-electron chi connectivity index (χ0n) is 6.72. The number of hydrogen-bond acceptors (Lipinski definition) is 5. The van der Waals surface area contributed by atoms with Gasteiger partial charge in [-0.2, -0.15) is 0 Å². The largest absolute Gasteiger partial charge is 0.545 e. The molecule has 1 heterocycles. The molecule has 6 nitrogen and oxygen atoms in total. The van der Waals surface area contributed by atoms with E-state index in [1.165, 1.54) is 6.07 Å². The first-order valence-corrected chi connectivity index (χ1v) is 3.00. The van der Waals surface area contributed by atoms with Crippen molar-refractivity contribution in [3.8, 4) is 0 Å². The Hall–Kier alpha value is -1.66. The van der Waals surface area contributed by atoms with Crippen LogP contribution < -0.4 is 10.2 Å². The number of carbonyl (C=O) groups is 2. The van der Waals surface area contributed by atoms with Crippen LogP contribution in [0.4, 0.5) is 0 Å². The molecule has 0 bridgehead atoms. The van der Waals surface area contributed by atoms with Crippen molar-refractivity contribution in [3.63, 3.8) is 0 Å². The maximum atomic E-state index is 10.3. The number of aromatic nitrogens is 1. The van der Waals surface area contributed by atoms with Crippen molar-refractivity contribution in [3.05, 3.63) is 29.6 Å². The van der Waals surface area contributed by atoms with Crippen molar-refractivity contribution in [2.45, 2.75) is 0 Å². The van der Waals surface area contributed by atoms with Crippen LogP contribution in [0.5, 0.6) is 0 Å². The Morgan fingerprint density at radius 3 is 2.14 bits per heavy atom. The summed E-state index contributed by atoms with van der Waals surface area (Å²) in [7, 11) is 0. The zero-order valence-corrected chi connectivity index (χ0v) is 7.54. The average Bonchev–Trinajstić information content (AvgIpc) is 2.04. The molecule has 0 amide bonds. The fourth-order valence-electron chi connectivity index (χ4n) is 0.733. The number of rotatable bonds is 2. The molecule has 0 aromatic carbocycles. The number of carboxylic acid groups (broad SMARTS) is 2. The second-order valence-electron chi connectivity index (χ2n) is 1.97. The van der Waals surface area contributed by atoms with Gasteiger partial charge in [0.05, 0.1) is 17.6 Å². The number of carbonyl (C=O) groups excluding carboxylic acids is 2. The quantitative estimate of drug-likeness (QED) is 0.539. The van der Waals surface area contributed by atoms with E-state index in [9.17, 15) is 19.8 Å². The lowest BCUT2D eigenvalue weighted by atomic mass is 10.2. The van der Waals surface area contributed by atoms with E-state index >= 15 is 0 Å². The highest BCUT2D eigenvalue weighted by molar-refractivity contribution is 5.98. The highest BCUT2D eigenvalue weighted by Crippen LogP contribution is 2.01. The molecule has 0 aliphatic heterocycles. The summed E-state index contributed by atoms with van der Waals surface area (Å²) in [6, 6.07) is 2.39. The molecule has 2 N–H and O–H groups in total. The summed E-state index contributed by atoms with van der Waals surface area (Å²) >= 11 is 0. The van der Waals surface area contributed by atoms with Gasteiger partial charge in [-0.15, -0.1) is 12.4 Å². The molecule has 7 heteroatoms. The van der Waals surface area contributed by atoms with Crippen molar-refractivity contribution < 1.29 is 25.3 Å². The van der Waals surface area contributed by atoms with Crippen LogP contribution >= 0.6 is 12.4 Å². The fourth-order valence-corrected chi connectivity index (χ4v) is 0.733. The van der Waals surface area contributed by atoms with Crippen LogP contribution in [0.2, 0.25) is 0 Å². The van der Waals surface area contributed by atoms with Gasteiger partial charge in [-0.3, -0.25) is 4.98 Å². The van der Waals surface area contributed by atoms with E-state index in [1.54, 1.807) is 0 Å². The van der Waals surface area contributed by atoms with E-state index in [-0.39, 0.29) is 17.9 Å². The molecule has 0 saturated heterocycles. The Bertz CT molecular complexity index is 308. The minimum Gasteiger partial charge on any atom is -0.545 e. The van der Waals surface area contributed by atoms with Crippen LogP contribution in [0.25, 0.3) is 0 Å². The molecule has 0 fully saturated rings. The summed E-state index contributed by atoms with van der Waals surface area (Å²) in [5.41, 5.74) is -1.09. The van der Waals surface area contributed by atoms with Gasteiger partial charge in [0.1, 0.15) is 0 Å². The van der Waals surface area contributed by atoms with Crippen molar-refractivity contribution in [2.24, 2.45) is 0 Å². The fraction of sp³-hybridized carbons (Fsp3) is 0. The molecule has 1 aromatic heterocycles. The van der Waals surface area contributed by atoms with Crippen molar-refractivity contribution in [1.82, 2.24) is 4.98 Å². The SMILES string of the molecule is Cl.O.O=C([O-])c1cccnc1C(=O)[O-]. The predicted molar refractivity (Wildman–Crippen MR) is 43.8 cm³/mol. The average molecular weight is 220 g/mol. The van der Waals surface area contributed by atoms with Crippen molar-refractivity contribution >= 4 is 24.3 Å². The third-order valence-electron chi connectivity index (χ3n) is 1.22. The molecule has 14 heavy (non-hydrogen) atoms. The van der Waals surface area contributed by atoms with Crippen LogP contribution in [0.3, 0.4) is 0 Å². The van der Waals surface area contributed by atoms with E-state index in [4.69, 9.17) is 0 Å². The van der Waals surface area contributed by atoms with E-state index in [2.05, 4.69) is 4.98 Å². The molecule has 1 aromatic rings. The van der Waals surface area contributed by atoms with Gasteiger partial charge in [-0.1, -0.05) is 0 Å². The van der Waals surface area contributed by atoms with Gasteiger partial charge >= 0.3 is 0 Å². The van der Waals surface area contributed by atoms with Gasteiger partial charge < -0.3 is 25.3 Å². The monoisotopic (exact) mass is 219 g/mol. The standard InChI is InChI=1S/C7H5NO4.ClH.H2O/c9-6(10)4-2-1-3-8-5(4)7(11)12;;/h1-3H,(H,9,10)(H,11,12);1H;1H2/p-2. The molecule has 78 valence electrons. The zero-order chi connectivity index (χ0) is 9.14. The topological polar surface area (TPSA) is 125 Å². The molecule has 0 radical (unpaired) electrons. The third-order valence-corrected chi connectivity index (χ3v) is 1.22. The van der Waals surface area contributed by atoms with Gasteiger partial charge in [0.15, 0.2) is 0 Å². The number of nitrogens with zero attached hydrogens (tertiary/aromatic N) is 1. The van der Waals surface area contributed by atoms with Crippen LogP contribution in [0.15, 0.2) is 18.3 Å². The number of aromatic carboxylic acids is 2. The first-order chi connectivity index (χ1) is 5.63. The number of pyridine rings is 1. The third kappa shape index (κ3) is 3.00. The lowest BCUT2D eigenvalue weighted by molar-refractivity contribution is -0.260. The van der Waals surface area contributed by atoms with E-state index in [1.807, 2.05) is 0 Å². The predicted octanol–water partition coefficient (Wildman–Crippen LogP) is -2.59. The van der Waals surface area contributed by atoms with Gasteiger partial charge in [0.25, 0.3) is 0 Å². The second kappa shape index (κ2) is 5.90. The smallest absolute Gasteiger partial charge is 0.0947 e. The second-order valence-corrected chi connectivity index (χ2v) is 1.97. The summed E-state index contributed by atoms with van der Waals surface area (Å²) in [5, 5.41) is 20.5. The molecule has 0 saturated carbocycles. The Balaban J connectivity index is 0. The minimum absolute atomic E-state index is 0. The Morgan fingerprint density at radius 1 is 1.21 bits per heavy atom. The summed E-state index contributed by atoms with van der Waals surface area (Å²) in [4.78, 5) is 23.9. The Morgan fingerprint density at radius 2 is 1.79 bits per heavy atom. The molecule has 0 unspecified atom stereocenters. The normalized spacial score (nSPS) is 8.00. The van der Waals surface area contributed by atoms with Crippen molar-refractivity contribution in [2.75, 3.05) is 0 Å². The first-order valence-electron chi connectivity index (χ1n) is 3.00.